The Kier molecular flexibility index (Phi) is 3.47. The average molecular weight is 194 g/mol. The first-order valence-corrected chi connectivity index (χ1v) is 4.89. The maximum Gasteiger partial charge on any atom is 0.128 e. The van der Waals surface area contributed by atoms with Gasteiger partial charge in [-0.25, -0.2) is 4.98 Å². The molecule has 1 heterocycles. The Bertz CT molecular complexity index is 297. The third-order valence-electron chi connectivity index (χ3n) is 2.39. The summed E-state index contributed by atoms with van der Waals surface area (Å²) in [4.78, 5) is 6.33. The fourth-order valence-corrected chi connectivity index (χ4v) is 1.15. The molecule has 3 nitrogen and oxygen atoms in total. The van der Waals surface area contributed by atoms with E-state index in [1.807, 2.05) is 19.2 Å². The molecule has 0 aliphatic rings. The summed E-state index contributed by atoms with van der Waals surface area (Å²) in [6, 6.07) is 4.17. The molecule has 1 aromatic rings. The third kappa shape index (κ3) is 2.45. The van der Waals surface area contributed by atoms with E-state index in [2.05, 4.69) is 23.7 Å². The van der Waals surface area contributed by atoms with Crippen molar-refractivity contribution in [3.8, 4) is 0 Å². The topological polar surface area (TPSA) is 36.4 Å². The van der Waals surface area contributed by atoms with Crippen molar-refractivity contribution in [3.63, 3.8) is 0 Å². The van der Waals surface area contributed by atoms with E-state index in [1.54, 1.807) is 13.1 Å². The second kappa shape index (κ2) is 4.42. The van der Waals surface area contributed by atoms with Gasteiger partial charge in [-0.05, 0) is 38.5 Å². The molecular formula is C11H18N2O. The molecule has 0 radical (unpaired) electrons. The van der Waals surface area contributed by atoms with Crippen molar-refractivity contribution in [2.75, 3.05) is 11.9 Å². The van der Waals surface area contributed by atoms with Crippen LogP contribution >= 0.6 is 0 Å². The average Bonchev–Trinajstić information content (AvgIpc) is 2.16. The molecule has 0 aliphatic carbocycles. The van der Waals surface area contributed by atoms with E-state index >= 15 is 0 Å². The molecular weight excluding hydrogens is 176 g/mol. The largest absolute Gasteiger partial charge is 0.389 e. The Morgan fingerprint density at radius 1 is 1.36 bits per heavy atom. The van der Waals surface area contributed by atoms with Gasteiger partial charge in [0, 0.05) is 19.3 Å². The van der Waals surface area contributed by atoms with Crippen molar-refractivity contribution in [3.05, 3.63) is 23.9 Å². The Morgan fingerprint density at radius 3 is 2.50 bits per heavy atom. The van der Waals surface area contributed by atoms with Crippen LogP contribution in [0.2, 0.25) is 0 Å². The zero-order valence-electron chi connectivity index (χ0n) is 9.23. The molecule has 1 rings (SSSR count). The molecule has 0 saturated carbocycles. The molecule has 0 bridgehead atoms. The van der Waals surface area contributed by atoms with Crippen molar-refractivity contribution in [2.45, 2.75) is 32.9 Å². The van der Waals surface area contributed by atoms with E-state index in [-0.39, 0.29) is 0 Å². The highest BCUT2D eigenvalue weighted by atomic mass is 16.3. The fourth-order valence-electron chi connectivity index (χ4n) is 1.15. The van der Waals surface area contributed by atoms with Gasteiger partial charge in [-0.2, -0.15) is 0 Å². The molecule has 1 N–H and O–H groups in total. The first kappa shape index (κ1) is 11.0. The molecule has 0 aliphatic heterocycles. The fraction of sp³-hybridized carbons (Fsp3) is 0.545. The van der Waals surface area contributed by atoms with Crippen LogP contribution in [-0.2, 0) is 0 Å². The minimum Gasteiger partial charge on any atom is -0.389 e. The van der Waals surface area contributed by atoms with Gasteiger partial charge >= 0.3 is 0 Å². The highest BCUT2D eigenvalue weighted by Crippen LogP contribution is 2.18. The SMILES string of the molecule is CC(O)c1ccnc(N(C)C(C)C)c1. The lowest BCUT2D eigenvalue weighted by molar-refractivity contribution is 0.199. The number of anilines is 1. The Hall–Kier alpha value is -1.09. The quantitative estimate of drug-likeness (QED) is 0.799. The maximum absolute atomic E-state index is 9.42. The number of rotatable bonds is 3. The van der Waals surface area contributed by atoms with Gasteiger partial charge in [-0.3, -0.25) is 0 Å². The van der Waals surface area contributed by atoms with Crippen LogP contribution in [-0.4, -0.2) is 23.2 Å². The van der Waals surface area contributed by atoms with Gasteiger partial charge in [-0.1, -0.05) is 0 Å². The highest BCUT2D eigenvalue weighted by Gasteiger charge is 2.08. The number of hydrogen-bond acceptors (Lipinski definition) is 3. The second-order valence-electron chi connectivity index (χ2n) is 3.83. The predicted molar refractivity (Wildman–Crippen MR) is 58.4 cm³/mol. The van der Waals surface area contributed by atoms with Crippen LogP contribution in [0.15, 0.2) is 18.3 Å². The van der Waals surface area contributed by atoms with Crippen LogP contribution in [0.3, 0.4) is 0 Å². The molecule has 78 valence electrons. The third-order valence-corrected chi connectivity index (χ3v) is 2.39. The summed E-state index contributed by atoms with van der Waals surface area (Å²) in [5, 5.41) is 9.42. The summed E-state index contributed by atoms with van der Waals surface area (Å²) >= 11 is 0. The number of hydrogen-bond donors (Lipinski definition) is 1. The summed E-state index contributed by atoms with van der Waals surface area (Å²) < 4.78 is 0. The zero-order valence-corrected chi connectivity index (χ0v) is 9.23. The molecule has 3 heteroatoms. The van der Waals surface area contributed by atoms with E-state index in [0.717, 1.165) is 11.4 Å². The van der Waals surface area contributed by atoms with E-state index in [0.29, 0.717) is 6.04 Å². The second-order valence-corrected chi connectivity index (χ2v) is 3.83. The smallest absolute Gasteiger partial charge is 0.128 e. The normalized spacial score (nSPS) is 13.0. The van der Waals surface area contributed by atoms with Crippen molar-refractivity contribution in [2.24, 2.45) is 0 Å². The van der Waals surface area contributed by atoms with Gasteiger partial charge < -0.3 is 10.0 Å². The number of nitrogens with zero attached hydrogens (tertiary/aromatic N) is 2. The van der Waals surface area contributed by atoms with Gasteiger partial charge in [0.05, 0.1) is 6.10 Å². The zero-order chi connectivity index (χ0) is 10.7. The molecule has 0 aromatic carbocycles. The molecule has 1 aromatic heterocycles. The Balaban J connectivity index is 2.93. The van der Waals surface area contributed by atoms with E-state index < -0.39 is 6.10 Å². The monoisotopic (exact) mass is 194 g/mol. The lowest BCUT2D eigenvalue weighted by Crippen LogP contribution is -2.26. The lowest BCUT2D eigenvalue weighted by atomic mass is 10.1. The van der Waals surface area contributed by atoms with Crippen LogP contribution < -0.4 is 4.90 Å². The predicted octanol–water partition coefficient (Wildman–Crippen LogP) is 1.98. The van der Waals surface area contributed by atoms with Crippen LogP contribution in [0, 0.1) is 0 Å². The first-order valence-electron chi connectivity index (χ1n) is 4.89. The van der Waals surface area contributed by atoms with Crippen LogP contribution in [0.4, 0.5) is 5.82 Å². The maximum atomic E-state index is 9.42. The van der Waals surface area contributed by atoms with Crippen molar-refractivity contribution >= 4 is 5.82 Å². The first-order chi connectivity index (χ1) is 6.52. The van der Waals surface area contributed by atoms with E-state index in [9.17, 15) is 5.11 Å². The molecule has 0 spiro atoms. The van der Waals surface area contributed by atoms with Gasteiger partial charge in [0.25, 0.3) is 0 Å². The van der Waals surface area contributed by atoms with Crippen LogP contribution in [0.5, 0.6) is 0 Å². The Labute approximate surface area is 85.4 Å². The van der Waals surface area contributed by atoms with Crippen molar-refractivity contribution < 1.29 is 5.11 Å². The van der Waals surface area contributed by atoms with E-state index in [4.69, 9.17) is 0 Å². The number of aromatic nitrogens is 1. The standard InChI is InChI=1S/C11H18N2O/c1-8(2)13(4)11-7-10(9(3)14)5-6-12-11/h5-9,14H,1-4H3. The summed E-state index contributed by atoms with van der Waals surface area (Å²) in [5.74, 6) is 0.901. The lowest BCUT2D eigenvalue weighted by Gasteiger charge is -2.23. The minimum absolute atomic E-state index is 0.409. The molecule has 1 atom stereocenters. The van der Waals surface area contributed by atoms with Crippen LogP contribution in [0.1, 0.15) is 32.4 Å². The van der Waals surface area contributed by atoms with Crippen molar-refractivity contribution in [1.82, 2.24) is 4.98 Å². The minimum atomic E-state index is -0.433. The van der Waals surface area contributed by atoms with Gasteiger partial charge in [0.2, 0.25) is 0 Å². The molecule has 0 saturated heterocycles. The molecule has 1 unspecified atom stereocenters. The summed E-state index contributed by atoms with van der Waals surface area (Å²) in [5.41, 5.74) is 0.905. The van der Waals surface area contributed by atoms with Gasteiger partial charge in [0.15, 0.2) is 0 Å². The number of aliphatic hydroxyl groups is 1. The van der Waals surface area contributed by atoms with Crippen LogP contribution in [0.25, 0.3) is 0 Å². The number of pyridine rings is 1. The summed E-state index contributed by atoms with van der Waals surface area (Å²) in [6.45, 7) is 5.97. The Morgan fingerprint density at radius 2 is 2.00 bits per heavy atom. The highest BCUT2D eigenvalue weighted by molar-refractivity contribution is 5.41. The molecule has 0 amide bonds. The number of aliphatic hydroxyl groups excluding tert-OH is 1. The van der Waals surface area contributed by atoms with Gasteiger partial charge in [-0.15, -0.1) is 0 Å². The van der Waals surface area contributed by atoms with Crippen molar-refractivity contribution in [1.29, 1.82) is 0 Å². The van der Waals surface area contributed by atoms with E-state index in [1.165, 1.54) is 0 Å². The summed E-state index contributed by atoms with van der Waals surface area (Å²) in [6.07, 6.45) is 1.30. The molecule has 14 heavy (non-hydrogen) atoms. The van der Waals surface area contributed by atoms with Gasteiger partial charge in [0.1, 0.15) is 5.82 Å². The summed E-state index contributed by atoms with van der Waals surface area (Å²) in [7, 11) is 2.00. The molecule has 0 fully saturated rings.